The molecule has 0 spiro atoms. The number of cyclic esters (lactones) is 1. The van der Waals surface area contributed by atoms with E-state index in [-0.39, 0.29) is 12.1 Å². The molecule has 1 fully saturated rings. The molecule has 1 heterocycles. The normalized spacial score (nSPS) is 22.9. The minimum absolute atomic E-state index is 0.273. The van der Waals surface area contributed by atoms with E-state index in [1.54, 1.807) is 0 Å². The molecule has 1 aliphatic heterocycles. The fourth-order valence-corrected chi connectivity index (χ4v) is 17.6. The molecule has 1 aliphatic rings. The molecular formula is C30H66O6Si4. The number of esters is 1. The first-order chi connectivity index (χ1) is 19.0. The van der Waals surface area contributed by atoms with Gasteiger partial charge in [0.2, 0.25) is 0 Å². The molecule has 0 saturated carbocycles. The molecule has 238 valence electrons. The molecule has 1 rings (SSSR count). The first-order valence-electron chi connectivity index (χ1n) is 16.9. The van der Waals surface area contributed by atoms with Crippen molar-refractivity contribution in [2.45, 2.75) is 180 Å². The topological polar surface area (TPSA) is 63.2 Å². The third kappa shape index (κ3) is 8.86. The maximum absolute atomic E-state index is 14.0. The third-order valence-electron chi connectivity index (χ3n) is 10.9. The van der Waals surface area contributed by atoms with E-state index in [9.17, 15) is 4.79 Å². The van der Waals surface area contributed by atoms with Gasteiger partial charge in [-0.2, -0.15) is 0 Å². The van der Waals surface area contributed by atoms with Gasteiger partial charge in [0.15, 0.2) is 45.5 Å². The zero-order chi connectivity index (χ0) is 30.6. The zero-order valence-electron chi connectivity index (χ0n) is 28.5. The highest BCUT2D eigenvalue weighted by atomic mass is 28.4. The lowest BCUT2D eigenvalue weighted by atomic mass is 10.0. The molecule has 4 atom stereocenters. The Hall–Kier alpha value is 0.178. The van der Waals surface area contributed by atoms with Gasteiger partial charge in [-0.3, -0.25) is 0 Å². The first-order valence-corrected chi connectivity index (χ1v) is 27.0. The van der Waals surface area contributed by atoms with Crippen LogP contribution in [0.25, 0.3) is 0 Å². The van der Waals surface area contributed by atoms with E-state index in [2.05, 4.69) is 83.1 Å². The second kappa shape index (κ2) is 17.5. The summed E-state index contributed by atoms with van der Waals surface area (Å²) in [6.07, 6.45) is -2.01. The van der Waals surface area contributed by atoms with E-state index < -0.39 is 51.6 Å². The summed E-state index contributed by atoms with van der Waals surface area (Å²) in [7, 11) is -8.20. The van der Waals surface area contributed by atoms with Crippen molar-refractivity contribution in [3.8, 4) is 0 Å². The molecule has 0 radical (unpaired) electrons. The van der Waals surface area contributed by atoms with Crippen LogP contribution in [0.15, 0.2) is 0 Å². The summed E-state index contributed by atoms with van der Waals surface area (Å²) < 4.78 is 34.8. The van der Waals surface area contributed by atoms with Gasteiger partial charge in [0, 0.05) is 0 Å². The Morgan fingerprint density at radius 3 is 1.18 bits per heavy atom. The minimum Gasteiger partial charge on any atom is -0.455 e. The van der Waals surface area contributed by atoms with Gasteiger partial charge in [0.25, 0.3) is 0 Å². The summed E-state index contributed by atoms with van der Waals surface area (Å²) >= 11 is 0. The van der Waals surface area contributed by atoms with Gasteiger partial charge >= 0.3 is 5.97 Å². The number of rotatable bonds is 21. The molecule has 0 aromatic carbocycles. The largest absolute Gasteiger partial charge is 0.455 e. The molecule has 10 heteroatoms. The maximum atomic E-state index is 14.0. The highest BCUT2D eigenvalue weighted by Gasteiger charge is 2.55. The van der Waals surface area contributed by atoms with Crippen molar-refractivity contribution in [1.29, 1.82) is 0 Å². The Morgan fingerprint density at radius 2 is 0.825 bits per heavy atom. The van der Waals surface area contributed by atoms with E-state index in [1.165, 1.54) is 0 Å². The van der Waals surface area contributed by atoms with Crippen molar-refractivity contribution in [3.05, 3.63) is 0 Å². The molecule has 0 unspecified atom stereocenters. The second-order valence-corrected chi connectivity index (χ2v) is 30.9. The Morgan fingerprint density at radius 1 is 0.500 bits per heavy atom. The number of carbonyl (C=O) groups is 1. The molecule has 0 amide bonds. The highest BCUT2D eigenvalue weighted by Crippen LogP contribution is 2.38. The Kier molecular flexibility index (Phi) is 16.7. The van der Waals surface area contributed by atoms with Gasteiger partial charge in [-0.15, -0.1) is 0 Å². The highest BCUT2D eigenvalue weighted by molar-refractivity contribution is 6.75. The Labute approximate surface area is 252 Å². The molecule has 0 aromatic heterocycles. The molecule has 0 N–H and O–H groups in total. The average molecular weight is 635 g/mol. The predicted octanol–water partition coefficient (Wildman–Crippen LogP) is 9.10. The van der Waals surface area contributed by atoms with Gasteiger partial charge in [-0.1, -0.05) is 83.1 Å². The average Bonchev–Trinajstić information content (AvgIpc) is 3.01. The van der Waals surface area contributed by atoms with E-state index >= 15 is 0 Å². The Bertz CT molecular complexity index is 690. The molecule has 0 aliphatic carbocycles. The van der Waals surface area contributed by atoms with Crippen molar-refractivity contribution in [1.82, 2.24) is 0 Å². The minimum atomic E-state index is -2.13. The van der Waals surface area contributed by atoms with Crippen molar-refractivity contribution in [3.63, 3.8) is 0 Å². The van der Waals surface area contributed by atoms with Gasteiger partial charge in [0.1, 0.15) is 12.2 Å². The lowest BCUT2D eigenvalue weighted by Crippen LogP contribution is -2.66. The lowest BCUT2D eigenvalue weighted by Gasteiger charge is -2.50. The van der Waals surface area contributed by atoms with Crippen LogP contribution in [-0.4, -0.2) is 70.3 Å². The Balaban J connectivity index is 3.75. The summed E-state index contributed by atoms with van der Waals surface area (Å²) in [5.74, 6) is -0.273. The van der Waals surface area contributed by atoms with E-state index in [0.717, 1.165) is 72.5 Å². The van der Waals surface area contributed by atoms with E-state index in [0.29, 0.717) is 6.61 Å². The van der Waals surface area contributed by atoms with Crippen LogP contribution in [0.2, 0.25) is 72.5 Å². The van der Waals surface area contributed by atoms with Crippen LogP contribution in [0.4, 0.5) is 0 Å². The predicted molar refractivity (Wildman–Crippen MR) is 179 cm³/mol. The standard InChI is InChI=1S/C30H66O6Si4/c1-13-37(14-2,15-3)32-25-26-27(34-38(16-4,17-5)18-6)28(35-39(19-7,20-8)21-9)29(30(31)33-26)36-40(22-10,23-11)24-12/h26-29H,13-25H2,1-12H3/t26-,27-,28+,29-/m1/s1. The number of carbonyl (C=O) groups excluding carboxylic acids is 1. The first kappa shape index (κ1) is 38.2. The summed E-state index contributed by atoms with van der Waals surface area (Å²) in [4.78, 5) is 14.0. The maximum Gasteiger partial charge on any atom is 0.337 e. The van der Waals surface area contributed by atoms with Crippen LogP contribution in [0.5, 0.6) is 0 Å². The van der Waals surface area contributed by atoms with Gasteiger partial charge in [-0.25, -0.2) is 4.79 Å². The smallest absolute Gasteiger partial charge is 0.337 e. The van der Waals surface area contributed by atoms with E-state index in [4.69, 9.17) is 22.4 Å². The van der Waals surface area contributed by atoms with Gasteiger partial charge in [0.05, 0.1) is 6.61 Å². The van der Waals surface area contributed by atoms with Crippen LogP contribution < -0.4 is 0 Å². The SMILES string of the molecule is CC[Si](CC)(CC)OC[C@H]1OC(=O)[C@H](O[Si](CC)(CC)CC)[C@@H](O[Si](CC)(CC)CC)[C@@H]1O[Si](CC)(CC)CC. The molecule has 40 heavy (non-hydrogen) atoms. The molecule has 1 saturated heterocycles. The van der Waals surface area contributed by atoms with Crippen molar-refractivity contribution >= 4 is 39.2 Å². The summed E-state index contributed by atoms with van der Waals surface area (Å²) in [5.41, 5.74) is 0. The van der Waals surface area contributed by atoms with Gasteiger partial charge < -0.3 is 22.4 Å². The number of ether oxygens (including phenoxy) is 1. The van der Waals surface area contributed by atoms with Crippen LogP contribution in [0, 0.1) is 0 Å². The van der Waals surface area contributed by atoms with Gasteiger partial charge in [-0.05, 0) is 72.5 Å². The van der Waals surface area contributed by atoms with Crippen LogP contribution in [0.1, 0.15) is 83.1 Å². The zero-order valence-corrected chi connectivity index (χ0v) is 32.5. The van der Waals surface area contributed by atoms with E-state index in [1.807, 2.05) is 0 Å². The van der Waals surface area contributed by atoms with Crippen molar-refractivity contribution in [2.24, 2.45) is 0 Å². The fraction of sp³-hybridized carbons (Fsp3) is 0.967. The van der Waals surface area contributed by atoms with Crippen molar-refractivity contribution in [2.75, 3.05) is 6.61 Å². The summed E-state index contributed by atoms with van der Waals surface area (Å²) in [6, 6.07) is 12.2. The third-order valence-corrected chi connectivity index (χ3v) is 29.5. The molecule has 6 nitrogen and oxygen atoms in total. The molecule has 0 bridgehead atoms. The lowest BCUT2D eigenvalue weighted by molar-refractivity contribution is -0.199. The van der Waals surface area contributed by atoms with Crippen LogP contribution in [0.3, 0.4) is 0 Å². The number of hydrogen-bond donors (Lipinski definition) is 0. The fourth-order valence-electron chi connectivity index (χ4n) is 6.48. The quantitative estimate of drug-likeness (QED) is 0.0927. The van der Waals surface area contributed by atoms with Crippen LogP contribution >= 0.6 is 0 Å². The molecular weight excluding hydrogens is 569 g/mol. The monoisotopic (exact) mass is 634 g/mol. The van der Waals surface area contributed by atoms with Crippen LogP contribution in [-0.2, 0) is 27.2 Å². The second-order valence-electron chi connectivity index (χ2n) is 12.0. The van der Waals surface area contributed by atoms with Crippen molar-refractivity contribution < 1.29 is 27.2 Å². The summed E-state index contributed by atoms with van der Waals surface area (Å²) in [5, 5.41) is 0. The summed E-state index contributed by atoms with van der Waals surface area (Å²) in [6.45, 7) is 27.3. The number of hydrogen-bond acceptors (Lipinski definition) is 6. The molecule has 0 aromatic rings.